The van der Waals surface area contributed by atoms with Crippen LogP contribution in [0.2, 0.25) is 0 Å². The second kappa shape index (κ2) is 6.91. The molecule has 0 aliphatic carbocycles. The van der Waals surface area contributed by atoms with Crippen molar-refractivity contribution in [1.29, 1.82) is 0 Å². The molecule has 132 valence electrons. The van der Waals surface area contributed by atoms with Crippen LogP contribution in [0.1, 0.15) is 0 Å². The highest BCUT2D eigenvalue weighted by molar-refractivity contribution is 5.59. The van der Waals surface area contributed by atoms with Crippen LogP contribution in [-0.2, 0) is 7.05 Å². The molecule has 0 aromatic carbocycles. The van der Waals surface area contributed by atoms with E-state index >= 15 is 0 Å². The van der Waals surface area contributed by atoms with E-state index in [1.807, 2.05) is 24.3 Å². The minimum atomic E-state index is -0.112. The van der Waals surface area contributed by atoms with Crippen LogP contribution in [0.5, 0.6) is 0 Å². The predicted octanol–water partition coefficient (Wildman–Crippen LogP) is 1.18. The Morgan fingerprint density at radius 3 is 2.58 bits per heavy atom. The van der Waals surface area contributed by atoms with Gasteiger partial charge in [0, 0.05) is 56.6 Å². The second-order valence-electron chi connectivity index (χ2n) is 6.34. The lowest BCUT2D eigenvalue weighted by Crippen LogP contribution is -2.50. The molecule has 0 spiro atoms. The SMILES string of the molecule is Cn1nc(NCC2CN(c3ccc(-c4ccncc4)nn3)C2)ccc1=O. The topological polar surface area (TPSA) is 88.8 Å². The van der Waals surface area contributed by atoms with Crippen LogP contribution in [0.25, 0.3) is 11.3 Å². The summed E-state index contributed by atoms with van der Waals surface area (Å²) < 4.78 is 1.33. The van der Waals surface area contributed by atoms with Gasteiger partial charge in [-0.2, -0.15) is 5.10 Å². The zero-order valence-electron chi connectivity index (χ0n) is 14.4. The number of pyridine rings is 1. The van der Waals surface area contributed by atoms with Crippen molar-refractivity contribution in [3.63, 3.8) is 0 Å². The number of nitrogens with zero attached hydrogens (tertiary/aromatic N) is 6. The van der Waals surface area contributed by atoms with Crippen molar-refractivity contribution in [3.05, 3.63) is 59.1 Å². The van der Waals surface area contributed by atoms with E-state index in [4.69, 9.17) is 0 Å². The molecule has 0 saturated carbocycles. The van der Waals surface area contributed by atoms with Gasteiger partial charge in [-0.3, -0.25) is 9.78 Å². The predicted molar refractivity (Wildman–Crippen MR) is 98.9 cm³/mol. The van der Waals surface area contributed by atoms with E-state index in [1.54, 1.807) is 25.5 Å². The minimum absolute atomic E-state index is 0.112. The highest BCUT2D eigenvalue weighted by atomic mass is 16.1. The van der Waals surface area contributed by atoms with Crippen LogP contribution in [0.3, 0.4) is 0 Å². The summed E-state index contributed by atoms with van der Waals surface area (Å²) in [5.41, 5.74) is 1.74. The molecule has 1 aliphatic rings. The summed E-state index contributed by atoms with van der Waals surface area (Å²) in [6.45, 7) is 2.65. The first-order chi connectivity index (χ1) is 12.7. The molecule has 26 heavy (non-hydrogen) atoms. The number of anilines is 2. The first-order valence-corrected chi connectivity index (χ1v) is 8.46. The molecule has 3 aromatic heterocycles. The van der Waals surface area contributed by atoms with E-state index in [-0.39, 0.29) is 5.56 Å². The number of aryl methyl sites for hydroxylation is 1. The summed E-state index contributed by atoms with van der Waals surface area (Å²) >= 11 is 0. The van der Waals surface area contributed by atoms with Crippen LogP contribution in [-0.4, -0.2) is 44.6 Å². The molecule has 0 radical (unpaired) electrons. The second-order valence-corrected chi connectivity index (χ2v) is 6.34. The van der Waals surface area contributed by atoms with Crippen molar-refractivity contribution in [2.45, 2.75) is 0 Å². The lowest BCUT2D eigenvalue weighted by atomic mass is 10.0. The van der Waals surface area contributed by atoms with E-state index < -0.39 is 0 Å². The third-order valence-corrected chi connectivity index (χ3v) is 4.44. The van der Waals surface area contributed by atoms with Crippen LogP contribution >= 0.6 is 0 Å². The molecule has 1 N–H and O–H groups in total. The molecule has 8 nitrogen and oxygen atoms in total. The highest BCUT2D eigenvalue weighted by Gasteiger charge is 2.27. The van der Waals surface area contributed by atoms with Crippen molar-refractivity contribution >= 4 is 11.6 Å². The molecule has 0 bridgehead atoms. The maximum absolute atomic E-state index is 11.3. The van der Waals surface area contributed by atoms with E-state index in [1.165, 1.54) is 10.7 Å². The minimum Gasteiger partial charge on any atom is -0.368 e. The maximum Gasteiger partial charge on any atom is 0.266 e. The van der Waals surface area contributed by atoms with Crippen LogP contribution < -0.4 is 15.8 Å². The van der Waals surface area contributed by atoms with E-state index in [0.29, 0.717) is 11.7 Å². The lowest BCUT2D eigenvalue weighted by molar-refractivity contribution is 0.425. The molecule has 4 rings (SSSR count). The monoisotopic (exact) mass is 349 g/mol. The molecule has 1 saturated heterocycles. The van der Waals surface area contributed by atoms with Gasteiger partial charge in [0.05, 0.1) is 5.69 Å². The average Bonchev–Trinajstić information content (AvgIpc) is 2.64. The first-order valence-electron chi connectivity index (χ1n) is 8.46. The standard InChI is InChI=1S/C18H19N7O/c1-24-18(26)5-3-16(23-24)20-10-13-11-25(12-13)17-4-2-15(21-22-17)14-6-8-19-9-7-14/h2-9,13H,10-12H2,1H3,(H,20,23). The van der Waals surface area contributed by atoms with Crippen molar-refractivity contribution in [2.24, 2.45) is 13.0 Å². The third-order valence-electron chi connectivity index (χ3n) is 4.44. The molecule has 3 aromatic rings. The molecule has 1 aliphatic heterocycles. The fraction of sp³-hybridized carbons (Fsp3) is 0.278. The zero-order valence-corrected chi connectivity index (χ0v) is 14.4. The Hall–Kier alpha value is -3.29. The van der Waals surface area contributed by atoms with E-state index in [2.05, 4.69) is 30.5 Å². The molecule has 0 amide bonds. The summed E-state index contributed by atoms with van der Waals surface area (Å²) in [4.78, 5) is 17.6. The fourth-order valence-corrected chi connectivity index (χ4v) is 2.90. The normalized spacial score (nSPS) is 14.1. The van der Waals surface area contributed by atoms with Crippen molar-refractivity contribution in [1.82, 2.24) is 25.0 Å². The summed E-state index contributed by atoms with van der Waals surface area (Å²) in [5, 5.41) is 16.1. The Bertz CT molecular complexity index is 934. The van der Waals surface area contributed by atoms with Crippen molar-refractivity contribution in [3.8, 4) is 11.3 Å². The quantitative estimate of drug-likeness (QED) is 0.740. The first kappa shape index (κ1) is 16.2. The molecular formula is C18H19N7O. The number of rotatable bonds is 5. The summed E-state index contributed by atoms with van der Waals surface area (Å²) in [7, 11) is 1.65. The van der Waals surface area contributed by atoms with Gasteiger partial charge >= 0.3 is 0 Å². The van der Waals surface area contributed by atoms with Gasteiger partial charge in [-0.15, -0.1) is 10.2 Å². The summed E-state index contributed by atoms with van der Waals surface area (Å²) in [5.74, 6) is 2.11. The van der Waals surface area contributed by atoms with Gasteiger partial charge in [0.15, 0.2) is 5.82 Å². The number of hydrogen-bond acceptors (Lipinski definition) is 7. The Morgan fingerprint density at radius 1 is 1.08 bits per heavy atom. The Labute approximate surface area is 150 Å². The van der Waals surface area contributed by atoms with E-state index in [9.17, 15) is 4.79 Å². The van der Waals surface area contributed by atoms with Gasteiger partial charge in [0.1, 0.15) is 5.82 Å². The zero-order chi connectivity index (χ0) is 17.9. The largest absolute Gasteiger partial charge is 0.368 e. The Balaban J connectivity index is 1.30. The number of hydrogen-bond donors (Lipinski definition) is 1. The van der Waals surface area contributed by atoms with Gasteiger partial charge in [-0.25, -0.2) is 4.68 Å². The van der Waals surface area contributed by atoms with Gasteiger partial charge in [-0.05, 0) is 30.3 Å². The highest BCUT2D eigenvalue weighted by Crippen LogP contribution is 2.24. The Morgan fingerprint density at radius 2 is 1.88 bits per heavy atom. The van der Waals surface area contributed by atoms with Crippen molar-refractivity contribution in [2.75, 3.05) is 29.9 Å². The smallest absolute Gasteiger partial charge is 0.266 e. The number of aromatic nitrogens is 5. The van der Waals surface area contributed by atoms with Gasteiger partial charge in [-0.1, -0.05) is 0 Å². The molecule has 1 fully saturated rings. The van der Waals surface area contributed by atoms with Gasteiger partial charge in [0.2, 0.25) is 0 Å². The molecule has 0 unspecified atom stereocenters. The number of nitrogens with one attached hydrogen (secondary N) is 1. The third kappa shape index (κ3) is 3.39. The van der Waals surface area contributed by atoms with Gasteiger partial charge < -0.3 is 10.2 Å². The van der Waals surface area contributed by atoms with Crippen LogP contribution in [0.4, 0.5) is 11.6 Å². The molecule has 4 heterocycles. The lowest BCUT2D eigenvalue weighted by Gasteiger charge is -2.40. The average molecular weight is 349 g/mol. The Kier molecular flexibility index (Phi) is 4.30. The maximum atomic E-state index is 11.3. The fourth-order valence-electron chi connectivity index (χ4n) is 2.90. The van der Waals surface area contributed by atoms with Crippen LogP contribution in [0, 0.1) is 5.92 Å². The molecule has 0 atom stereocenters. The summed E-state index contributed by atoms with van der Waals surface area (Å²) in [6.07, 6.45) is 3.49. The van der Waals surface area contributed by atoms with Gasteiger partial charge in [0.25, 0.3) is 5.56 Å². The van der Waals surface area contributed by atoms with Crippen LogP contribution in [0.15, 0.2) is 53.6 Å². The summed E-state index contributed by atoms with van der Waals surface area (Å²) in [6, 6.07) is 11.0. The molecular weight excluding hydrogens is 330 g/mol. The van der Waals surface area contributed by atoms with E-state index in [0.717, 1.165) is 36.7 Å². The molecule has 8 heteroatoms. The van der Waals surface area contributed by atoms with Crippen molar-refractivity contribution < 1.29 is 0 Å².